The molecule has 0 saturated carbocycles. The number of hydrogen-bond acceptors (Lipinski definition) is 3. The van der Waals surface area contributed by atoms with Crippen LogP contribution in [0.3, 0.4) is 0 Å². The molecule has 3 rings (SSSR count). The largest absolute Gasteiger partial charge is 0.486 e. The third kappa shape index (κ3) is 4.79. The van der Waals surface area contributed by atoms with Crippen molar-refractivity contribution in [3.8, 4) is 5.75 Å². The molecule has 0 amide bonds. The number of para-hydroxylation sites is 3. The van der Waals surface area contributed by atoms with Crippen LogP contribution in [0.1, 0.15) is 19.7 Å². The highest BCUT2D eigenvalue weighted by atomic mass is 19.1. The van der Waals surface area contributed by atoms with Crippen LogP contribution in [-0.2, 0) is 13.6 Å². The van der Waals surface area contributed by atoms with Crippen LogP contribution in [-0.4, -0.2) is 34.7 Å². The first-order valence-corrected chi connectivity index (χ1v) is 9.42. The van der Waals surface area contributed by atoms with Crippen molar-refractivity contribution in [1.82, 2.24) is 20.2 Å². The molecule has 7 heteroatoms. The normalized spacial score (nSPS) is 12.8. The lowest BCUT2D eigenvalue weighted by Crippen LogP contribution is -2.41. The van der Waals surface area contributed by atoms with Gasteiger partial charge in [-0.05, 0) is 38.1 Å². The van der Waals surface area contributed by atoms with Crippen LogP contribution in [0.15, 0.2) is 53.5 Å². The average Bonchev–Trinajstić information content (AvgIpc) is 3.02. The van der Waals surface area contributed by atoms with E-state index in [4.69, 9.17) is 4.74 Å². The fourth-order valence-corrected chi connectivity index (χ4v) is 2.87. The van der Waals surface area contributed by atoms with Gasteiger partial charge in [0, 0.05) is 13.6 Å². The smallest absolute Gasteiger partial charge is 0.191 e. The highest BCUT2D eigenvalue weighted by Gasteiger charge is 2.10. The molecule has 0 saturated heterocycles. The molecule has 0 spiro atoms. The molecule has 2 aromatic carbocycles. The summed E-state index contributed by atoms with van der Waals surface area (Å²) in [6, 6.07) is 14.4. The molecule has 2 N–H and O–H groups in total. The zero-order chi connectivity index (χ0) is 19.9. The van der Waals surface area contributed by atoms with Crippen molar-refractivity contribution in [2.24, 2.45) is 12.0 Å². The summed E-state index contributed by atoms with van der Waals surface area (Å²) in [6.45, 7) is 5.56. The highest BCUT2D eigenvalue weighted by Crippen LogP contribution is 2.17. The number of imidazole rings is 1. The molecule has 1 heterocycles. The van der Waals surface area contributed by atoms with Gasteiger partial charge in [0.25, 0.3) is 0 Å². The minimum atomic E-state index is -0.364. The molecular weight excluding hydrogens is 357 g/mol. The Morgan fingerprint density at radius 2 is 1.93 bits per heavy atom. The standard InChI is InChI=1S/C21H26FN5O/c1-4-23-21(24-13-15(2)28-19-12-8-5-9-16(19)22)25-14-20-26-17-10-6-7-11-18(17)27(20)3/h5-12,15H,4,13-14H2,1-3H3,(H2,23,24,25). The van der Waals surface area contributed by atoms with Gasteiger partial charge in [0.1, 0.15) is 18.5 Å². The molecule has 1 aromatic heterocycles. The van der Waals surface area contributed by atoms with Crippen LogP contribution in [0.2, 0.25) is 0 Å². The molecule has 0 bridgehead atoms. The van der Waals surface area contributed by atoms with Crippen LogP contribution in [0.4, 0.5) is 4.39 Å². The second-order valence-corrected chi connectivity index (χ2v) is 6.51. The van der Waals surface area contributed by atoms with E-state index in [9.17, 15) is 4.39 Å². The predicted octanol–water partition coefficient (Wildman–Crippen LogP) is 3.24. The van der Waals surface area contributed by atoms with Crippen molar-refractivity contribution >= 4 is 17.0 Å². The van der Waals surface area contributed by atoms with E-state index in [1.807, 2.05) is 49.7 Å². The summed E-state index contributed by atoms with van der Waals surface area (Å²) in [5.74, 6) is 1.43. The number of benzene rings is 2. The van der Waals surface area contributed by atoms with Crippen LogP contribution in [0, 0.1) is 5.82 Å². The molecule has 0 aliphatic carbocycles. The van der Waals surface area contributed by atoms with Gasteiger partial charge in [-0.15, -0.1) is 0 Å². The van der Waals surface area contributed by atoms with Gasteiger partial charge in [-0.3, -0.25) is 0 Å². The van der Waals surface area contributed by atoms with E-state index in [0.717, 1.165) is 23.4 Å². The molecule has 3 aromatic rings. The van der Waals surface area contributed by atoms with E-state index in [2.05, 4.69) is 20.6 Å². The van der Waals surface area contributed by atoms with E-state index >= 15 is 0 Å². The number of ether oxygens (including phenoxy) is 1. The number of aromatic nitrogens is 2. The molecule has 0 aliphatic rings. The number of halogens is 1. The van der Waals surface area contributed by atoms with Crippen molar-refractivity contribution < 1.29 is 9.13 Å². The minimum Gasteiger partial charge on any atom is -0.486 e. The highest BCUT2D eigenvalue weighted by molar-refractivity contribution is 5.80. The quantitative estimate of drug-likeness (QED) is 0.486. The zero-order valence-corrected chi connectivity index (χ0v) is 16.4. The van der Waals surface area contributed by atoms with Crippen LogP contribution in [0.25, 0.3) is 11.0 Å². The topological polar surface area (TPSA) is 63.5 Å². The summed E-state index contributed by atoms with van der Waals surface area (Å²) in [5, 5.41) is 6.45. The number of nitrogens with zero attached hydrogens (tertiary/aromatic N) is 3. The lowest BCUT2D eigenvalue weighted by atomic mass is 10.3. The molecular formula is C21H26FN5O. The van der Waals surface area contributed by atoms with E-state index in [1.165, 1.54) is 6.07 Å². The lowest BCUT2D eigenvalue weighted by Gasteiger charge is -2.18. The molecule has 28 heavy (non-hydrogen) atoms. The fraction of sp³-hybridized carbons (Fsp3) is 0.333. The van der Waals surface area contributed by atoms with Crippen molar-refractivity contribution in [3.05, 3.63) is 60.2 Å². The van der Waals surface area contributed by atoms with Crippen molar-refractivity contribution in [2.45, 2.75) is 26.5 Å². The average molecular weight is 383 g/mol. The molecule has 0 aliphatic heterocycles. The first-order valence-electron chi connectivity index (χ1n) is 9.42. The van der Waals surface area contributed by atoms with Crippen LogP contribution < -0.4 is 15.4 Å². The first-order chi connectivity index (χ1) is 13.6. The van der Waals surface area contributed by atoms with Gasteiger partial charge in [0.05, 0.1) is 17.6 Å². The molecule has 0 radical (unpaired) electrons. The third-order valence-electron chi connectivity index (χ3n) is 4.32. The number of nitrogens with one attached hydrogen (secondary N) is 2. The van der Waals surface area contributed by atoms with Gasteiger partial charge in [-0.2, -0.15) is 0 Å². The summed E-state index contributed by atoms with van der Waals surface area (Å²) in [4.78, 5) is 9.26. The number of rotatable bonds is 7. The number of guanidine groups is 1. The van der Waals surface area contributed by atoms with Crippen molar-refractivity contribution in [3.63, 3.8) is 0 Å². The Morgan fingerprint density at radius 3 is 2.68 bits per heavy atom. The summed E-state index contributed by atoms with van der Waals surface area (Å²) in [5.41, 5.74) is 2.04. The molecule has 0 fully saturated rings. The molecule has 6 nitrogen and oxygen atoms in total. The first kappa shape index (κ1) is 19.7. The number of aliphatic imine (C=N–C) groups is 1. The lowest BCUT2D eigenvalue weighted by molar-refractivity contribution is 0.214. The van der Waals surface area contributed by atoms with Gasteiger partial charge < -0.3 is 19.9 Å². The molecule has 1 unspecified atom stereocenters. The maximum absolute atomic E-state index is 13.7. The Bertz CT molecular complexity index is 953. The number of fused-ring (bicyclic) bond motifs is 1. The number of aryl methyl sites for hydroxylation is 1. The SMILES string of the molecule is CCNC(=NCc1nc2ccccc2n1C)NCC(C)Oc1ccccc1F. The van der Waals surface area contributed by atoms with Gasteiger partial charge in [-0.1, -0.05) is 24.3 Å². The summed E-state index contributed by atoms with van der Waals surface area (Å²) in [6.07, 6.45) is -0.225. The van der Waals surface area contributed by atoms with Crippen molar-refractivity contribution in [1.29, 1.82) is 0 Å². The monoisotopic (exact) mass is 383 g/mol. The van der Waals surface area contributed by atoms with Crippen LogP contribution in [0.5, 0.6) is 5.75 Å². The van der Waals surface area contributed by atoms with Gasteiger partial charge in [0.2, 0.25) is 0 Å². The Hall–Kier alpha value is -3.09. The van der Waals surface area contributed by atoms with E-state index in [-0.39, 0.29) is 17.7 Å². The Labute approximate surface area is 164 Å². The summed E-state index contributed by atoms with van der Waals surface area (Å²) in [7, 11) is 1.99. The second-order valence-electron chi connectivity index (χ2n) is 6.51. The summed E-state index contributed by atoms with van der Waals surface area (Å²) >= 11 is 0. The van der Waals surface area contributed by atoms with E-state index < -0.39 is 0 Å². The maximum atomic E-state index is 13.7. The molecule has 148 valence electrons. The predicted molar refractivity (Wildman–Crippen MR) is 110 cm³/mol. The summed E-state index contributed by atoms with van der Waals surface area (Å²) < 4.78 is 21.4. The van der Waals surface area contributed by atoms with Gasteiger partial charge in [-0.25, -0.2) is 14.4 Å². The minimum absolute atomic E-state index is 0.225. The van der Waals surface area contributed by atoms with Crippen LogP contribution >= 0.6 is 0 Å². The number of hydrogen-bond donors (Lipinski definition) is 2. The fourth-order valence-electron chi connectivity index (χ4n) is 2.87. The Kier molecular flexibility index (Phi) is 6.47. The molecule has 1 atom stereocenters. The zero-order valence-electron chi connectivity index (χ0n) is 16.4. The van der Waals surface area contributed by atoms with E-state index in [0.29, 0.717) is 19.0 Å². The second kappa shape index (κ2) is 9.21. The van der Waals surface area contributed by atoms with E-state index in [1.54, 1.807) is 18.2 Å². The Morgan fingerprint density at radius 1 is 1.18 bits per heavy atom. The van der Waals surface area contributed by atoms with Crippen molar-refractivity contribution in [2.75, 3.05) is 13.1 Å². The van der Waals surface area contributed by atoms with Gasteiger partial charge in [0.15, 0.2) is 17.5 Å². The van der Waals surface area contributed by atoms with Gasteiger partial charge >= 0.3 is 0 Å². The Balaban J connectivity index is 1.62. The maximum Gasteiger partial charge on any atom is 0.191 e. The third-order valence-corrected chi connectivity index (χ3v) is 4.32.